The normalized spacial score (nSPS) is 22.1. The highest BCUT2D eigenvalue weighted by atomic mass is 35.5. The van der Waals surface area contributed by atoms with Crippen molar-refractivity contribution in [1.29, 1.82) is 0 Å². The molecule has 2 unspecified atom stereocenters. The number of rotatable bonds is 4. The maximum atomic E-state index is 12.9. The van der Waals surface area contributed by atoms with Crippen LogP contribution in [0.25, 0.3) is 0 Å². The minimum Gasteiger partial charge on any atom is -0.336 e. The van der Waals surface area contributed by atoms with Crippen molar-refractivity contribution in [2.24, 2.45) is 11.7 Å². The lowest BCUT2D eigenvalue weighted by Crippen LogP contribution is -2.48. The highest BCUT2D eigenvalue weighted by Gasteiger charge is 2.31. The summed E-state index contributed by atoms with van der Waals surface area (Å²) in [5.74, 6) is 0.497. The van der Waals surface area contributed by atoms with Gasteiger partial charge in [0.1, 0.15) is 0 Å². The van der Waals surface area contributed by atoms with Gasteiger partial charge in [-0.2, -0.15) is 0 Å². The molecule has 1 amide bonds. The zero-order chi connectivity index (χ0) is 15.4. The molecule has 0 heterocycles. The zero-order valence-corrected chi connectivity index (χ0v) is 13.7. The van der Waals surface area contributed by atoms with Crippen molar-refractivity contribution in [2.45, 2.75) is 45.6 Å². The molecule has 2 N–H and O–H groups in total. The first-order chi connectivity index (χ1) is 10.1. The third-order valence-electron chi connectivity index (χ3n) is 4.46. The second-order valence-corrected chi connectivity index (χ2v) is 6.39. The van der Waals surface area contributed by atoms with Gasteiger partial charge in [-0.05, 0) is 62.9 Å². The Morgan fingerprint density at radius 1 is 1.33 bits per heavy atom. The number of halogens is 1. The van der Waals surface area contributed by atoms with Crippen LogP contribution in [0, 0.1) is 12.8 Å². The van der Waals surface area contributed by atoms with Crippen LogP contribution < -0.4 is 5.73 Å². The number of aryl methyl sites for hydroxylation is 1. The van der Waals surface area contributed by atoms with Gasteiger partial charge in [0.15, 0.2) is 0 Å². The van der Waals surface area contributed by atoms with Crippen molar-refractivity contribution in [3.05, 3.63) is 34.3 Å². The van der Waals surface area contributed by atoms with Gasteiger partial charge in [-0.25, -0.2) is 0 Å². The number of benzene rings is 1. The molecule has 1 fully saturated rings. The molecule has 1 aromatic rings. The molecule has 2 atom stereocenters. The second-order valence-electron chi connectivity index (χ2n) is 5.96. The summed E-state index contributed by atoms with van der Waals surface area (Å²) in [6.07, 6.45) is 4.58. The van der Waals surface area contributed by atoms with E-state index in [1.807, 2.05) is 30.9 Å². The van der Waals surface area contributed by atoms with Crippen molar-refractivity contribution >= 4 is 17.5 Å². The Hall–Kier alpha value is -1.06. The van der Waals surface area contributed by atoms with Crippen LogP contribution >= 0.6 is 11.6 Å². The maximum Gasteiger partial charge on any atom is 0.254 e. The van der Waals surface area contributed by atoms with Gasteiger partial charge < -0.3 is 10.6 Å². The summed E-state index contributed by atoms with van der Waals surface area (Å²) < 4.78 is 0. The Labute approximate surface area is 132 Å². The van der Waals surface area contributed by atoms with Gasteiger partial charge in [0, 0.05) is 23.2 Å². The molecule has 0 bridgehead atoms. The lowest BCUT2D eigenvalue weighted by atomic mass is 9.83. The molecular weight excluding hydrogens is 284 g/mol. The molecule has 116 valence electrons. The third-order valence-corrected chi connectivity index (χ3v) is 4.68. The first-order valence-corrected chi connectivity index (χ1v) is 8.22. The lowest BCUT2D eigenvalue weighted by molar-refractivity contribution is 0.0560. The molecule has 2 rings (SSSR count). The number of carbonyl (C=O) groups is 1. The van der Waals surface area contributed by atoms with Crippen LogP contribution in [0.2, 0.25) is 5.02 Å². The van der Waals surface area contributed by atoms with Crippen LogP contribution in [-0.2, 0) is 0 Å². The maximum absolute atomic E-state index is 12.9. The molecule has 0 aliphatic heterocycles. The van der Waals surface area contributed by atoms with E-state index in [-0.39, 0.29) is 11.9 Å². The van der Waals surface area contributed by atoms with Crippen molar-refractivity contribution in [3.8, 4) is 0 Å². The quantitative estimate of drug-likeness (QED) is 0.923. The number of nitrogens with two attached hydrogens (primary N) is 1. The summed E-state index contributed by atoms with van der Waals surface area (Å²) in [4.78, 5) is 14.9. The monoisotopic (exact) mass is 308 g/mol. The van der Waals surface area contributed by atoms with E-state index in [1.54, 1.807) is 6.07 Å². The van der Waals surface area contributed by atoms with Crippen molar-refractivity contribution < 1.29 is 4.79 Å². The average Bonchev–Trinajstić information content (AvgIpc) is 2.47. The third kappa shape index (κ3) is 3.78. The summed E-state index contributed by atoms with van der Waals surface area (Å²) >= 11 is 6.09. The van der Waals surface area contributed by atoms with Gasteiger partial charge >= 0.3 is 0 Å². The molecule has 4 heteroatoms. The van der Waals surface area contributed by atoms with Gasteiger partial charge in [-0.1, -0.05) is 24.4 Å². The van der Waals surface area contributed by atoms with Gasteiger partial charge in [0.2, 0.25) is 0 Å². The molecule has 3 nitrogen and oxygen atoms in total. The summed E-state index contributed by atoms with van der Waals surface area (Å²) in [7, 11) is 0. The first-order valence-electron chi connectivity index (χ1n) is 7.85. The van der Waals surface area contributed by atoms with Gasteiger partial charge in [-0.15, -0.1) is 0 Å². The number of nitrogens with zero attached hydrogens (tertiary/aromatic N) is 1. The summed E-state index contributed by atoms with van der Waals surface area (Å²) in [5.41, 5.74) is 7.61. The van der Waals surface area contributed by atoms with E-state index in [0.29, 0.717) is 29.6 Å². The lowest BCUT2D eigenvalue weighted by Gasteiger charge is -2.39. The smallest absolute Gasteiger partial charge is 0.254 e. The van der Waals surface area contributed by atoms with Crippen LogP contribution in [-0.4, -0.2) is 29.9 Å². The van der Waals surface area contributed by atoms with Crippen LogP contribution in [0.1, 0.15) is 48.5 Å². The molecule has 1 saturated carbocycles. The fourth-order valence-electron chi connectivity index (χ4n) is 3.43. The summed E-state index contributed by atoms with van der Waals surface area (Å²) in [6.45, 7) is 5.37. The van der Waals surface area contributed by atoms with Gasteiger partial charge in [0.25, 0.3) is 5.91 Å². The van der Waals surface area contributed by atoms with E-state index >= 15 is 0 Å². The largest absolute Gasteiger partial charge is 0.336 e. The Morgan fingerprint density at radius 3 is 2.67 bits per heavy atom. The molecule has 1 aliphatic carbocycles. The Morgan fingerprint density at radius 2 is 2.05 bits per heavy atom. The van der Waals surface area contributed by atoms with Crippen LogP contribution in [0.4, 0.5) is 0 Å². The van der Waals surface area contributed by atoms with Crippen LogP contribution in [0.5, 0.6) is 0 Å². The molecule has 0 spiro atoms. The minimum atomic E-state index is 0.0773. The number of carbonyl (C=O) groups excluding carboxylic acids is 1. The Kier molecular flexibility index (Phi) is 5.65. The fraction of sp³-hybridized carbons (Fsp3) is 0.588. The highest BCUT2D eigenvalue weighted by Crippen LogP contribution is 2.29. The molecule has 21 heavy (non-hydrogen) atoms. The van der Waals surface area contributed by atoms with Crippen molar-refractivity contribution in [2.75, 3.05) is 13.1 Å². The van der Waals surface area contributed by atoms with E-state index in [4.69, 9.17) is 17.3 Å². The topological polar surface area (TPSA) is 46.3 Å². The highest BCUT2D eigenvalue weighted by molar-refractivity contribution is 6.31. The zero-order valence-electron chi connectivity index (χ0n) is 12.9. The average molecular weight is 309 g/mol. The number of hydrogen-bond donors (Lipinski definition) is 1. The molecule has 1 aliphatic rings. The van der Waals surface area contributed by atoms with Crippen molar-refractivity contribution in [1.82, 2.24) is 4.90 Å². The molecule has 0 aromatic heterocycles. The van der Waals surface area contributed by atoms with Crippen LogP contribution in [0.15, 0.2) is 18.2 Å². The molecule has 1 aromatic carbocycles. The number of hydrogen-bond acceptors (Lipinski definition) is 2. The van der Waals surface area contributed by atoms with E-state index in [9.17, 15) is 4.79 Å². The molecule has 0 saturated heterocycles. The summed E-state index contributed by atoms with van der Waals surface area (Å²) in [6, 6.07) is 5.81. The second kappa shape index (κ2) is 7.28. The predicted molar refractivity (Wildman–Crippen MR) is 87.7 cm³/mol. The van der Waals surface area contributed by atoms with E-state index < -0.39 is 0 Å². The number of amides is 1. The summed E-state index contributed by atoms with van der Waals surface area (Å²) in [5, 5.41) is 0.619. The Bertz CT molecular complexity index is 483. The van der Waals surface area contributed by atoms with E-state index in [1.165, 1.54) is 12.8 Å². The molecular formula is C17H25ClN2O. The SMILES string of the molecule is CCN(C(=O)c1cc(C)cc(Cl)c1)C1CCCCC1CN. The van der Waals surface area contributed by atoms with Gasteiger partial charge in [0.05, 0.1) is 0 Å². The van der Waals surface area contributed by atoms with Gasteiger partial charge in [-0.3, -0.25) is 4.79 Å². The standard InChI is InChI=1S/C17H25ClN2O/c1-3-20(16-7-5-4-6-13(16)11-19)17(21)14-8-12(2)9-15(18)10-14/h8-10,13,16H,3-7,11,19H2,1-2H3. The first kappa shape index (κ1) is 16.3. The predicted octanol–water partition coefficient (Wildman–Crippen LogP) is 3.63. The Balaban J connectivity index is 2.25. The van der Waals surface area contributed by atoms with Crippen LogP contribution in [0.3, 0.4) is 0 Å². The molecule has 0 radical (unpaired) electrons. The van der Waals surface area contributed by atoms with E-state index in [0.717, 1.165) is 18.4 Å². The fourth-order valence-corrected chi connectivity index (χ4v) is 3.72. The van der Waals surface area contributed by atoms with Crippen molar-refractivity contribution in [3.63, 3.8) is 0 Å². The van der Waals surface area contributed by atoms with E-state index in [2.05, 4.69) is 0 Å². The minimum absolute atomic E-state index is 0.0773.